The first-order valence-corrected chi connectivity index (χ1v) is 8.84. The second-order valence-electron chi connectivity index (χ2n) is 6.45. The van der Waals surface area contributed by atoms with E-state index in [2.05, 4.69) is 19.1 Å². The van der Waals surface area contributed by atoms with Crippen LogP contribution in [-0.4, -0.2) is 29.8 Å². The molecule has 2 amide bonds. The maximum Gasteiger partial charge on any atom is 0.254 e. The van der Waals surface area contributed by atoms with Crippen molar-refractivity contribution >= 4 is 17.5 Å². The van der Waals surface area contributed by atoms with Gasteiger partial charge in [-0.25, -0.2) is 0 Å². The molecular weight excluding hydrogens is 312 g/mol. The van der Waals surface area contributed by atoms with Gasteiger partial charge < -0.3 is 9.80 Å². The van der Waals surface area contributed by atoms with Gasteiger partial charge in [-0.2, -0.15) is 0 Å². The Balaban J connectivity index is 1.81. The van der Waals surface area contributed by atoms with Crippen molar-refractivity contribution < 1.29 is 9.59 Å². The van der Waals surface area contributed by atoms with Gasteiger partial charge in [0.05, 0.1) is 0 Å². The molecule has 4 nitrogen and oxygen atoms in total. The number of amides is 2. The summed E-state index contributed by atoms with van der Waals surface area (Å²) in [7, 11) is 0. The number of rotatable bonds is 5. The molecule has 1 heterocycles. The van der Waals surface area contributed by atoms with Crippen molar-refractivity contribution in [3.8, 4) is 0 Å². The summed E-state index contributed by atoms with van der Waals surface area (Å²) in [5.41, 5.74) is 3.79. The molecule has 0 saturated carbocycles. The summed E-state index contributed by atoms with van der Waals surface area (Å²) >= 11 is 0. The van der Waals surface area contributed by atoms with Gasteiger partial charge in [0.15, 0.2) is 0 Å². The smallest absolute Gasteiger partial charge is 0.254 e. The quantitative estimate of drug-likeness (QED) is 0.833. The molecule has 0 spiro atoms. The highest BCUT2D eigenvalue weighted by atomic mass is 16.2. The summed E-state index contributed by atoms with van der Waals surface area (Å²) in [6, 6.07) is 15.6. The van der Waals surface area contributed by atoms with Gasteiger partial charge in [-0.1, -0.05) is 30.3 Å². The van der Waals surface area contributed by atoms with E-state index in [1.807, 2.05) is 48.2 Å². The van der Waals surface area contributed by atoms with Gasteiger partial charge in [0.1, 0.15) is 0 Å². The molecule has 0 N–H and O–H groups in total. The van der Waals surface area contributed by atoms with Crippen molar-refractivity contribution in [1.29, 1.82) is 0 Å². The Kier molecular flexibility index (Phi) is 5.17. The normalized spacial score (nSPS) is 14.0. The van der Waals surface area contributed by atoms with E-state index in [0.717, 1.165) is 24.2 Å². The molecule has 0 aliphatic carbocycles. The van der Waals surface area contributed by atoms with E-state index in [-0.39, 0.29) is 11.8 Å². The van der Waals surface area contributed by atoms with Crippen molar-refractivity contribution in [1.82, 2.24) is 4.90 Å². The van der Waals surface area contributed by atoms with Crippen molar-refractivity contribution in [3.05, 3.63) is 65.2 Å². The Morgan fingerprint density at radius 2 is 1.96 bits per heavy atom. The van der Waals surface area contributed by atoms with E-state index in [4.69, 9.17) is 0 Å². The fraction of sp³-hybridized carbons (Fsp3) is 0.333. The summed E-state index contributed by atoms with van der Waals surface area (Å²) in [5, 5.41) is 0. The van der Waals surface area contributed by atoms with Crippen LogP contribution in [0.2, 0.25) is 0 Å². The highest BCUT2D eigenvalue weighted by molar-refractivity contribution is 5.99. The van der Waals surface area contributed by atoms with Crippen LogP contribution in [0.3, 0.4) is 0 Å². The van der Waals surface area contributed by atoms with E-state index < -0.39 is 0 Å². The lowest BCUT2D eigenvalue weighted by atomic mass is 10.1. The number of aryl methyl sites for hydroxylation is 1. The Bertz CT molecular complexity index is 785. The molecule has 1 aliphatic rings. The summed E-state index contributed by atoms with van der Waals surface area (Å²) in [6.07, 6.45) is 1.47. The van der Waals surface area contributed by atoms with E-state index in [1.165, 1.54) is 5.56 Å². The van der Waals surface area contributed by atoms with E-state index in [1.54, 1.807) is 4.90 Å². The summed E-state index contributed by atoms with van der Waals surface area (Å²) in [4.78, 5) is 28.5. The molecule has 2 aromatic rings. The SMILES string of the molecule is CCN(Cc1ccccc1C)C(=O)c1cccc(N2CCCC2=O)c1. The minimum atomic E-state index is -0.000695. The molecule has 0 atom stereocenters. The third-order valence-electron chi connectivity index (χ3n) is 4.77. The number of carbonyl (C=O) groups excluding carboxylic acids is 2. The van der Waals surface area contributed by atoms with Gasteiger partial charge in [0, 0.05) is 37.3 Å². The molecule has 2 aromatic carbocycles. The average molecular weight is 336 g/mol. The number of anilines is 1. The Morgan fingerprint density at radius 1 is 1.16 bits per heavy atom. The molecule has 0 bridgehead atoms. The Morgan fingerprint density at radius 3 is 2.64 bits per heavy atom. The van der Waals surface area contributed by atoms with Crippen LogP contribution in [0.5, 0.6) is 0 Å². The van der Waals surface area contributed by atoms with Crippen molar-refractivity contribution in [2.24, 2.45) is 0 Å². The van der Waals surface area contributed by atoms with Crippen LogP contribution in [-0.2, 0) is 11.3 Å². The number of nitrogens with zero attached hydrogens (tertiary/aromatic N) is 2. The predicted molar refractivity (Wildman–Crippen MR) is 99.6 cm³/mol. The molecule has 3 rings (SSSR count). The third-order valence-corrected chi connectivity index (χ3v) is 4.77. The maximum absolute atomic E-state index is 13.0. The zero-order valence-corrected chi connectivity index (χ0v) is 14.9. The van der Waals surface area contributed by atoms with Crippen molar-refractivity contribution in [2.75, 3.05) is 18.0 Å². The molecule has 1 fully saturated rings. The summed E-state index contributed by atoms with van der Waals surface area (Å²) < 4.78 is 0. The minimum absolute atomic E-state index is 0.000695. The molecule has 130 valence electrons. The standard InChI is InChI=1S/C21H24N2O2/c1-3-22(15-18-9-5-4-8-16(18)2)21(25)17-10-6-11-19(14-17)23-13-7-12-20(23)24/h4-6,8-11,14H,3,7,12-13,15H2,1-2H3. The van der Waals surface area contributed by atoms with Gasteiger partial charge in [-0.05, 0) is 49.6 Å². The Hall–Kier alpha value is -2.62. The van der Waals surface area contributed by atoms with Crippen molar-refractivity contribution in [2.45, 2.75) is 33.2 Å². The van der Waals surface area contributed by atoms with Gasteiger partial charge in [0.2, 0.25) is 5.91 Å². The molecule has 4 heteroatoms. The molecule has 0 unspecified atom stereocenters. The predicted octanol–water partition coefficient (Wildman–Crippen LogP) is 3.78. The van der Waals surface area contributed by atoms with E-state index in [9.17, 15) is 9.59 Å². The van der Waals surface area contributed by atoms with E-state index >= 15 is 0 Å². The van der Waals surface area contributed by atoms with Gasteiger partial charge in [-0.15, -0.1) is 0 Å². The lowest BCUT2D eigenvalue weighted by molar-refractivity contribution is -0.117. The average Bonchev–Trinajstić information content (AvgIpc) is 3.06. The van der Waals surface area contributed by atoms with Crippen molar-refractivity contribution in [3.63, 3.8) is 0 Å². The molecular formula is C21H24N2O2. The van der Waals surface area contributed by atoms with Crippen LogP contribution in [0.25, 0.3) is 0 Å². The fourth-order valence-corrected chi connectivity index (χ4v) is 3.23. The minimum Gasteiger partial charge on any atom is -0.335 e. The molecule has 0 radical (unpaired) electrons. The lowest BCUT2D eigenvalue weighted by Crippen LogP contribution is -2.31. The second-order valence-corrected chi connectivity index (χ2v) is 6.45. The van der Waals surface area contributed by atoms with Crippen LogP contribution < -0.4 is 4.90 Å². The molecule has 0 aromatic heterocycles. The highest BCUT2D eigenvalue weighted by Gasteiger charge is 2.23. The van der Waals surface area contributed by atoms with Crippen LogP contribution in [0.4, 0.5) is 5.69 Å². The molecule has 1 saturated heterocycles. The monoisotopic (exact) mass is 336 g/mol. The van der Waals surface area contributed by atoms with Crippen LogP contribution in [0.1, 0.15) is 41.3 Å². The van der Waals surface area contributed by atoms with E-state index in [0.29, 0.717) is 25.1 Å². The number of hydrogen-bond donors (Lipinski definition) is 0. The zero-order valence-electron chi connectivity index (χ0n) is 14.9. The first-order valence-electron chi connectivity index (χ1n) is 8.84. The number of carbonyl (C=O) groups is 2. The van der Waals surface area contributed by atoms with Gasteiger partial charge >= 0.3 is 0 Å². The summed E-state index contributed by atoms with van der Waals surface area (Å²) in [5.74, 6) is 0.135. The second kappa shape index (κ2) is 7.51. The van der Waals surface area contributed by atoms with Gasteiger partial charge in [-0.3, -0.25) is 9.59 Å². The lowest BCUT2D eigenvalue weighted by Gasteiger charge is -2.23. The first-order chi connectivity index (χ1) is 12.1. The number of benzene rings is 2. The molecule has 1 aliphatic heterocycles. The highest BCUT2D eigenvalue weighted by Crippen LogP contribution is 2.23. The maximum atomic E-state index is 13.0. The molecule has 25 heavy (non-hydrogen) atoms. The van der Waals surface area contributed by atoms with Crippen LogP contribution in [0.15, 0.2) is 48.5 Å². The van der Waals surface area contributed by atoms with Crippen LogP contribution >= 0.6 is 0 Å². The largest absolute Gasteiger partial charge is 0.335 e. The summed E-state index contributed by atoms with van der Waals surface area (Å²) in [6.45, 7) is 6.02. The zero-order chi connectivity index (χ0) is 17.8. The fourth-order valence-electron chi connectivity index (χ4n) is 3.23. The Labute approximate surface area is 149 Å². The topological polar surface area (TPSA) is 40.6 Å². The number of hydrogen-bond acceptors (Lipinski definition) is 2. The van der Waals surface area contributed by atoms with Crippen LogP contribution in [0, 0.1) is 6.92 Å². The third kappa shape index (κ3) is 3.73. The van der Waals surface area contributed by atoms with Gasteiger partial charge in [0.25, 0.3) is 5.91 Å². The first kappa shape index (κ1) is 17.2.